The van der Waals surface area contributed by atoms with Crippen LogP contribution in [0.25, 0.3) is 0 Å². The monoisotopic (exact) mass is 239 g/mol. The van der Waals surface area contributed by atoms with E-state index in [1.54, 1.807) is 18.2 Å². The van der Waals surface area contributed by atoms with E-state index >= 15 is 0 Å². The van der Waals surface area contributed by atoms with Crippen molar-refractivity contribution < 1.29 is 4.79 Å². The molecule has 91 valence electrons. The second kappa shape index (κ2) is 5.36. The number of hydrogen-bond donors (Lipinski definition) is 2. The van der Waals surface area contributed by atoms with E-state index in [4.69, 9.17) is 5.73 Å². The van der Waals surface area contributed by atoms with Crippen molar-refractivity contribution in [1.29, 1.82) is 0 Å². The highest BCUT2D eigenvalue weighted by Gasteiger charge is 2.13. The second-order valence-electron chi connectivity index (χ2n) is 4.11. The van der Waals surface area contributed by atoms with Gasteiger partial charge in [-0.15, -0.1) is 0 Å². The molecule has 1 radical (unpaired) electrons. The SMILES string of the molecule is CC(NC(=O)c1[c]cccc1N)c1ccccc1. The van der Waals surface area contributed by atoms with Gasteiger partial charge in [-0.3, -0.25) is 4.79 Å². The molecule has 0 heterocycles. The number of hydrogen-bond acceptors (Lipinski definition) is 2. The van der Waals surface area contributed by atoms with Crippen LogP contribution < -0.4 is 11.1 Å². The van der Waals surface area contributed by atoms with Crippen molar-refractivity contribution in [1.82, 2.24) is 5.32 Å². The van der Waals surface area contributed by atoms with Crippen LogP contribution in [0.1, 0.15) is 28.9 Å². The Morgan fingerprint density at radius 2 is 1.94 bits per heavy atom. The number of carbonyl (C=O) groups is 1. The van der Waals surface area contributed by atoms with Crippen molar-refractivity contribution in [2.75, 3.05) is 5.73 Å². The Bertz CT molecular complexity index is 537. The average molecular weight is 239 g/mol. The third-order valence-electron chi connectivity index (χ3n) is 2.76. The standard InChI is InChI=1S/C15H15N2O/c1-11(12-7-3-2-4-8-12)17-15(18)13-9-5-6-10-14(13)16/h2-8,10-11H,16H2,1H3,(H,17,18). The van der Waals surface area contributed by atoms with E-state index in [2.05, 4.69) is 11.4 Å². The highest BCUT2D eigenvalue weighted by molar-refractivity contribution is 5.98. The van der Waals surface area contributed by atoms with Crippen molar-refractivity contribution in [2.24, 2.45) is 0 Å². The first-order valence-electron chi connectivity index (χ1n) is 5.80. The molecule has 1 amide bonds. The molecule has 0 saturated carbocycles. The van der Waals surface area contributed by atoms with Crippen molar-refractivity contribution in [3.05, 3.63) is 65.7 Å². The van der Waals surface area contributed by atoms with Crippen LogP contribution in [-0.4, -0.2) is 5.91 Å². The van der Waals surface area contributed by atoms with Crippen LogP contribution in [0.3, 0.4) is 0 Å². The number of benzene rings is 2. The molecule has 2 aromatic carbocycles. The van der Waals surface area contributed by atoms with Gasteiger partial charge in [-0.05, 0) is 24.6 Å². The fourth-order valence-corrected chi connectivity index (χ4v) is 1.74. The molecule has 1 atom stereocenters. The normalized spacial score (nSPS) is 11.8. The Kier molecular flexibility index (Phi) is 3.63. The number of anilines is 1. The summed E-state index contributed by atoms with van der Waals surface area (Å²) in [5.74, 6) is -0.204. The smallest absolute Gasteiger partial charge is 0.254 e. The lowest BCUT2D eigenvalue weighted by Gasteiger charge is -2.14. The van der Waals surface area contributed by atoms with Crippen LogP contribution in [-0.2, 0) is 0 Å². The van der Waals surface area contributed by atoms with Crippen molar-refractivity contribution in [3.63, 3.8) is 0 Å². The van der Waals surface area contributed by atoms with Crippen molar-refractivity contribution in [3.8, 4) is 0 Å². The minimum absolute atomic E-state index is 0.0632. The van der Waals surface area contributed by atoms with Crippen molar-refractivity contribution >= 4 is 11.6 Å². The molecule has 2 rings (SSSR count). The number of rotatable bonds is 3. The lowest BCUT2D eigenvalue weighted by molar-refractivity contribution is 0.0940. The second-order valence-corrected chi connectivity index (χ2v) is 4.11. The topological polar surface area (TPSA) is 55.1 Å². The fourth-order valence-electron chi connectivity index (χ4n) is 1.74. The fraction of sp³-hybridized carbons (Fsp3) is 0.133. The zero-order chi connectivity index (χ0) is 13.0. The lowest BCUT2D eigenvalue weighted by atomic mass is 10.1. The van der Waals surface area contributed by atoms with E-state index in [1.807, 2.05) is 37.3 Å². The molecular formula is C15H15N2O. The zero-order valence-corrected chi connectivity index (χ0v) is 10.2. The first-order valence-corrected chi connectivity index (χ1v) is 5.80. The summed E-state index contributed by atoms with van der Waals surface area (Å²) in [5, 5.41) is 2.90. The number of nitrogen functional groups attached to an aromatic ring is 1. The number of nitrogens with two attached hydrogens (primary N) is 1. The predicted molar refractivity (Wildman–Crippen MR) is 72.0 cm³/mol. The maximum absolute atomic E-state index is 12.0. The Morgan fingerprint density at radius 3 is 2.61 bits per heavy atom. The number of nitrogens with one attached hydrogen (secondary N) is 1. The van der Waals surface area contributed by atoms with E-state index in [1.165, 1.54) is 0 Å². The highest BCUT2D eigenvalue weighted by Crippen LogP contribution is 2.14. The Labute approximate surface area is 107 Å². The Hall–Kier alpha value is -2.29. The maximum Gasteiger partial charge on any atom is 0.254 e. The summed E-state index contributed by atoms with van der Waals surface area (Å²) in [4.78, 5) is 12.0. The van der Waals surface area contributed by atoms with Crippen LogP contribution >= 0.6 is 0 Å². The van der Waals surface area contributed by atoms with Crippen LogP contribution in [0.4, 0.5) is 5.69 Å². The number of amides is 1. The Morgan fingerprint density at radius 1 is 1.22 bits per heavy atom. The molecule has 1 unspecified atom stereocenters. The van der Waals surface area contributed by atoms with Gasteiger partial charge >= 0.3 is 0 Å². The molecule has 0 saturated heterocycles. The molecular weight excluding hydrogens is 224 g/mol. The molecule has 0 aliphatic rings. The number of carbonyl (C=O) groups excluding carboxylic acids is 1. The summed E-state index contributed by atoms with van der Waals surface area (Å²) in [6, 6.07) is 17.7. The van der Waals surface area contributed by atoms with Gasteiger partial charge in [-0.25, -0.2) is 0 Å². The summed E-state index contributed by atoms with van der Waals surface area (Å²) in [6.07, 6.45) is 0. The molecule has 0 bridgehead atoms. The summed E-state index contributed by atoms with van der Waals surface area (Å²) < 4.78 is 0. The van der Waals surface area contributed by atoms with Gasteiger partial charge in [-0.2, -0.15) is 0 Å². The van der Waals surface area contributed by atoms with Gasteiger partial charge in [0.1, 0.15) is 0 Å². The highest BCUT2D eigenvalue weighted by atomic mass is 16.1. The average Bonchev–Trinajstić information content (AvgIpc) is 2.40. The zero-order valence-electron chi connectivity index (χ0n) is 10.2. The van der Waals surface area contributed by atoms with Crippen LogP contribution in [0.2, 0.25) is 0 Å². The van der Waals surface area contributed by atoms with Crippen LogP contribution in [0.15, 0.2) is 48.5 Å². The molecule has 3 N–H and O–H groups in total. The van der Waals surface area contributed by atoms with E-state index in [9.17, 15) is 4.79 Å². The molecule has 3 nitrogen and oxygen atoms in total. The largest absolute Gasteiger partial charge is 0.398 e. The van der Waals surface area contributed by atoms with Gasteiger partial charge in [0, 0.05) is 5.69 Å². The van der Waals surface area contributed by atoms with Gasteiger partial charge in [0.05, 0.1) is 11.6 Å². The van der Waals surface area contributed by atoms with E-state index in [-0.39, 0.29) is 11.9 Å². The van der Waals surface area contributed by atoms with Crippen molar-refractivity contribution in [2.45, 2.75) is 13.0 Å². The summed E-state index contributed by atoms with van der Waals surface area (Å²) in [6.45, 7) is 1.94. The minimum Gasteiger partial charge on any atom is -0.398 e. The molecule has 0 aromatic heterocycles. The third-order valence-corrected chi connectivity index (χ3v) is 2.76. The molecule has 0 spiro atoms. The summed E-state index contributed by atoms with van der Waals surface area (Å²) in [5.41, 5.74) is 7.63. The summed E-state index contributed by atoms with van der Waals surface area (Å²) >= 11 is 0. The van der Waals surface area contributed by atoms with E-state index in [0.29, 0.717) is 11.3 Å². The molecule has 3 heteroatoms. The van der Waals surface area contributed by atoms with Gasteiger partial charge in [0.15, 0.2) is 0 Å². The molecule has 0 aliphatic heterocycles. The quantitative estimate of drug-likeness (QED) is 0.809. The molecule has 18 heavy (non-hydrogen) atoms. The van der Waals surface area contributed by atoms with E-state index < -0.39 is 0 Å². The Balaban J connectivity index is 2.11. The maximum atomic E-state index is 12.0. The van der Waals surface area contributed by atoms with Gasteiger partial charge in [-0.1, -0.05) is 42.5 Å². The predicted octanol–water partition coefficient (Wildman–Crippen LogP) is 2.56. The molecule has 2 aromatic rings. The first-order chi connectivity index (χ1) is 8.68. The first kappa shape index (κ1) is 12.2. The van der Waals surface area contributed by atoms with Gasteiger partial charge in [0.25, 0.3) is 5.91 Å². The summed E-state index contributed by atoms with van der Waals surface area (Å²) in [7, 11) is 0. The van der Waals surface area contributed by atoms with Gasteiger partial charge < -0.3 is 11.1 Å². The van der Waals surface area contributed by atoms with E-state index in [0.717, 1.165) is 5.56 Å². The molecule has 0 fully saturated rings. The van der Waals surface area contributed by atoms with Gasteiger partial charge in [0.2, 0.25) is 0 Å². The molecule has 0 aliphatic carbocycles. The van der Waals surface area contributed by atoms with Crippen LogP contribution in [0.5, 0.6) is 0 Å². The lowest BCUT2D eigenvalue weighted by Crippen LogP contribution is -2.27. The third kappa shape index (κ3) is 2.69. The van der Waals surface area contributed by atoms with Crippen LogP contribution in [0, 0.1) is 6.07 Å². The minimum atomic E-state index is -0.204.